The highest BCUT2D eigenvalue weighted by atomic mass is 19.1. The Bertz CT molecular complexity index is 1390. The number of fused-ring (bicyclic) bond motifs is 2. The van der Waals surface area contributed by atoms with Crippen LogP contribution in [0.15, 0.2) is 36.8 Å². The van der Waals surface area contributed by atoms with Gasteiger partial charge >= 0.3 is 0 Å². The summed E-state index contributed by atoms with van der Waals surface area (Å²) in [5, 5.41) is 17.7. The normalized spacial score (nSPS) is 15.7. The molecule has 1 aliphatic rings. The highest BCUT2D eigenvalue weighted by Crippen LogP contribution is 2.33. The van der Waals surface area contributed by atoms with Crippen LogP contribution in [0.4, 0.5) is 4.39 Å². The molecule has 9 nitrogen and oxygen atoms in total. The number of aromatic amines is 1. The molecule has 10 heteroatoms. The maximum absolute atomic E-state index is 13.7. The first-order valence-electron chi connectivity index (χ1n) is 10.8. The van der Waals surface area contributed by atoms with Crippen LogP contribution in [0.5, 0.6) is 11.6 Å². The van der Waals surface area contributed by atoms with Gasteiger partial charge in [-0.25, -0.2) is 19.5 Å². The number of hydrogen-bond acceptors (Lipinski definition) is 7. The van der Waals surface area contributed by atoms with Gasteiger partial charge < -0.3 is 19.1 Å². The summed E-state index contributed by atoms with van der Waals surface area (Å²) in [5.74, 6) is 0.389. The second-order valence-corrected chi connectivity index (χ2v) is 9.06. The zero-order valence-corrected chi connectivity index (χ0v) is 19.0. The van der Waals surface area contributed by atoms with E-state index in [1.807, 2.05) is 0 Å². The summed E-state index contributed by atoms with van der Waals surface area (Å²) in [6, 6.07) is 4.33. The van der Waals surface area contributed by atoms with Crippen LogP contribution in [-0.2, 0) is 13.0 Å². The molecule has 0 fully saturated rings. The molecule has 0 aliphatic carbocycles. The Morgan fingerprint density at radius 2 is 2.21 bits per heavy atom. The zero-order valence-electron chi connectivity index (χ0n) is 19.0. The Hall–Kier alpha value is -3.79. The molecule has 34 heavy (non-hydrogen) atoms. The standard InChI is InChI=1S/C24H24FN5O4/c1-24(2,32)12-30-10-18(20(31)14-6-13-7-15(25)4-5-19(13)34-11-14)16-8-26-21(28-22(16)30)17-9-27-29-23(17)33-3/h4-5,7-10,14,32H,6,11-12H2,1-3H3,(H,27,29). The molecule has 0 saturated heterocycles. The van der Waals surface area contributed by atoms with Crippen molar-refractivity contribution in [3.05, 3.63) is 53.7 Å². The largest absolute Gasteiger partial charge is 0.493 e. The van der Waals surface area contributed by atoms with Crippen LogP contribution in [0.1, 0.15) is 29.8 Å². The van der Waals surface area contributed by atoms with Gasteiger partial charge in [0.1, 0.15) is 22.8 Å². The van der Waals surface area contributed by atoms with Crippen LogP contribution in [0.25, 0.3) is 22.4 Å². The third-order valence-electron chi connectivity index (χ3n) is 5.79. The molecule has 0 bridgehead atoms. The van der Waals surface area contributed by atoms with E-state index in [1.54, 1.807) is 43.1 Å². The van der Waals surface area contributed by atoms with Crippen molar-refractivity contribution in [1.82, 2.24) is 24.7 Å². The Kier molecular flexibility index (Phi) is 5.32. The number of carbonyl (C=O) groups is 1. The van der Waals surface area contributed by atoms with Gasteiger partial charge in [0.15, 0.2) is 11.6 Å². The minimum Gasteiger partial charge on any atom is -0.493 e. The van der Waals surface area contributed by atoms with Crippen molar-refractivity contribution >= 4 is 16.8 Å². The minimum atomic E-state index is -1.05. The number of aliphatic hydroxyl groups is 1. The quantitative estimate of drug-likeness (QED) is 0.420. The summed E-state index contributed by atoms with van der Waals surface area (Å²) < 4.78 is 26.5. The summed E-state index contributed by atoms with van der Waals surface area (Å²) in [7, 11) is 1.51. The minimum absolute atomic E-state index is 0.147. The van der Waals surface area contributed by atoms with E-state index >= 15 is 0 Å². The molecule has 176 valence electrons. The van der Waals surface area contributed by atoms with Crippen LogP contribution in [0, 0.1) is 11.7 Å². The van der Waals surface area contributed by atoms with Gasteiger partial charge in [-0.05, 0) is 44.0 Å². The number of halogens is 1. The Balaban J connectivity index is 1.56. The SMILES string of the molecule is COc1[nH]ncc1-c1ncc2c(C(=O)C3COc4ccc(F)cc4C3)cn(CC(C)(C)O)c2n1. The molecular weight excluding hydrogens is 441 g/mol. The second-order valence-electron chi connectivity index (χ2n) is 9.06. The van der Waals surface area contributed by atoms with E-state index in [0.717, 1.165) is 0 Å². The predicted molar refractivity (Wildman–Crippen MR) is 121 cm³/mol. The fraction of sp³-hybridized carbons (Fsp3) is 0.333. The number of aromatic nitrogens is 5. The lowest BCUT2D eigenvalue weighted by molar-refractivity contribution is 0.0624. The Labute approximate surface area is 194 Å². The van der Waals surface area contributed by atoms with E-state index < -0.39 is 11.5 Å². The smallest absolute Gasteiger partial charge is 0.220 e. The first kappa shape index (κ1) is 22.0. The van der Waals surface area contributed by atoms with E-state index in [0.29, 0.717) is 51.6 Å². The van der Waals surface area contributed by atoms with Crippen molar-refractivity contribution in [1.29, 1.82) is 0 Å². The van der Waals surface area contributed by atoms with Gasteiger partial charge in [-0.2, -0.15) is 5.10 Å². The zero-order chi connectivity index (χ0) is 24.0. The number of ether oxygens (including phenoxy) is 2. The number of rotatable bonds is 6. The molecule has 0 radical (unpaired) electrons. The molecule has 0 saturated carbocycles. The fourth-order valence-electron chi connectivity index (χ4n) is 4.27. The maximum Gasteiger partial charge on any atom is 0.220 e. The van der Waals surface area contributed by atoms with E-state index in [-0.39, 0.29) is 24.8 Å². The van der Waals surface area contributed by atoms with Crippen LogP contribution in [-0.4, -0.2) is 54.9 Å². The maximum atomic E-state index is 13.7. The van der Waals surface area contributed by atoms with Crippen molar-refractivity contribution in [2.45, 2.75) is 32.4 Å². The fourth-order valence-corrected chi connectivity index (χ4v) is 4.27. The number of nitrogens with zero attached hydrogens (tertiary/aromatic N) is 4. The number of benzene rings is 1. The van der Waals surface area contributed by atoms with Gasteiger partial charge in [-0.3, -0.25) is 4.79 Å². The predicted octanol–water partition coefficient (Wildman–Crippen LogP) is 3.17. The molecule has 4 heterocycles. The van der Waals surface area contributed by atoms with Crippen LogP contribution >= 0.6 is 0 Å². The lowest BCUT2D eigenvalue weighted by Crippen LogP contribution is -2.28. The monoisotopic (exact) mass is 465 g/mol. The lowest BCUT2D eigenvalue weighted by atomic mass is 9.90. The van der Waals surface area contributed by atoms with Gasteiger partial charge in [0.2, 0.25) is 5.88 Å². The topological polar surface area (TPSA) is 115 Å². The van der Waals surface area contributed by atoms with E-state index in [4.69, 9.17) is 9.47 Å². The van der Waals surface area contributed by atoms with Crippen molar-refractivity contribution < 1.29 is 23.8 Å². The average Bonchev–Trinajstić information content (AvgIpc) is 3.41. The summed E-state index contributed by atoms with van der Waals surface area (Å²) >= 11 is 0. The van der Waals surface area contributed by atoms with Crippen LogP contribution in [0.2, 0.25) is 0 Å². The Morgan fingerprint density at radius 3 is 2.97 bits per heavy atom. The summed E-state index contributed by atoms with van der Waals surface area (Å²) in [6.45, 7) is 3.77. The molecule has 3 aromatic heterocycles. The van der Waals surface area contributed by atoms with Crippen LogP contribution < -0.4 is 9.47 Å². The molecule has 1 aliphatic heterocycles. The van der Waals surface area contributed by atoms with Crippen molar-refractivity contribution in [2.24, 2.45) is 5.92 Å². The summed E-state index contributed by atoms with van der Waals surface area (Å²) in [6.07, 6.45) is 5.22. The van der Waals surface area contributed by atoms with E-state index in [1.165, 1.54) is 19.2 Å². The van der Waals surface area contributed by atoms with Crippen molar-refractivity contribution in [3.8, 4) is 23.0 Å². The lowest BCUT2D eigenvalue weighted by Gasteiger charge is -2.24. The van der Waals surface area contributed by atoms with Gasteiger partial charge in [0.25, 0.3) is 0 Å². The second kappa shape index (κ2) is 8.21. The molecular formula is C24H24FN5O4. The molecule has 2 N–H and O–H groups in total. The van der Waals surface area contributed by atoms with Gasteiger partial charge in [0.05, 0.1) is 38.0 Å². The number of Topliss-reactive ketones (excluding diaryl/α,β-unsaturated/α-hetero) is 1. The molecule has 0 spiro atoms. The average molecular weight is 465 g/mol. The van der Waals surface area contributed by atoms with Gasteiger partial charge in [-0.15, -0.1) is 0 Å². The first-order chi connectivity index (χ1) is 16.2. The number of methoxy groups -OCH3 is 1. The van der Waals surface area contributed by atoms with Gasteiger partial charge in [-0.1, -0.05) is 0 Å². The highest BCUT2D eigenvalue weighted by molar-refractivity contribution is 6.08. The molecule has 0 amide bonds. The van der Waals surface area contributed by atoms with E-state index in [9.17, 15) is 14.3 Å². The number of H-pyrrole nitrogens is 1. The highest BCUT2D eigenvalue weighted by Gasteiger charge is 2.30. The third kappa shape index (κ3) is 4.01. The summed E-state index contributed by atoms with van der Waals surface area (Å²) in [5.41, 5.74) is 1.12. The van der Waals surface area contributed by atoms with Crippen molar-refractivity contribution in [2.75, 3.05) is 13.7 Å². The van der Waals surface area contributed by atoms with E-state index in [2.05, 4.69) is 20.2 Å². The molecule has 1 unspecified atom stereocenters. The molecule has 5 rings (SSSR count). The molecule has 1 aromatic carbocycles. The molecule has 4 aromatic rings. The van der Waals surface area contributed by atoms with Crippen LogP contribution in [0.3, 0.4) is 0 Å². The van der Waals surface area contributed by atoms with Gasteiger partial charge in [0, 0.05) is 23.3 Å². The summed E-state index contributed by atoms with van der Waals surface area (Å²) in [4.78, 5) is 22.7. The number of ketones is 1. The number of hydrogen-bond donors (Lipinski definition) is 2. The molecule has 1 atom stereocenters. The number of nitrogens with one attached hydrogen (secondary N) is 1. The third-order valence-corrected chi connectivity index (χ3v) is 5.79. The van der Waals surface area contributed by atoms with Crippen molar-refractivity contribution in [3.63, 3.8) is 0 Å². The first-order valence-corrected chi connectivity index (χ1v) is 10.8. The number of carbonyl (C=O) groups excluding carboxylic acids is 1. The Morgan fingerprint density at radius 1 is 1.38 bits per heavy atom.